The summed E-state index contributed by atoms with van der Waals surface area (Å²) in [5.41, 5.74) is 1.78. The second-order valence-electron chi connectivity index (χ2n) is 8.30. The van der Waals surface area contributed by atoms with E-state index in [1.807, 2.05) is 20.8 Å². The van der Waals surface area contributed by atoms with Gasteiger partial charge in [-0.1, -0.05) is 0 Å². The van der Waals surface area contributed by atoms with Gasteiger partial charge in [0.2, 0.25) is 5.75 Å². The molecule has 0 atom stereocenters. The van der Waals surface area contributed by atoms with E-state index in [1.54, 1.807) is 19.1 Å². The zero-order chi connectivity index (χ0) is 25.5. The zero-order valence-corrected chi connectivity index (χ0v) is 22.3. The van der Waals surface area contributed by atoms with Gasteiger partial charge < -0.3 is 24.3 Å². The third-order valence-electron chi connectivity index (χ3n) is 5.69. The van der Waals surface area contributed by atoms with Crippen LogP contribution >= 0.6 is 11.3 Å². The number of carbonyl (C=O) groups is 2. The highest BCUT2D eigenvalue weighted by Gasteiger charge is 2.30. The molecule has 3 rings (SSSR count). The van der Waals surface area contributed by atoms with Crippen LogP contribution in [-0.2, 0) is 17.7 Å². The number of rotatable bonds is 11. The lowest BCUT2D eigenvalue weighted by Gasteiger charge is -2.30. The molecule has 0 aliphatic carbocycles. The molecule has 0 unspecified atom stereocenters. The fraction of sp³-hybridized carbons (Fsp3) is 0.538. The van der Waals surface area contributed by atoms with Gasteiger partial charge in [-0.15, -0.1) is 11.3 Å². The van der Waals surface area contributed by atoms with Crippen molar-refractivity contribution in [2.75, 3.05) is 38.3 Å². The van der Waals surface area contributed by atoms with Crippen LogP contribution in [0, 0.1) is 0 Å². The van der Waals surface area contributed by atoms with Crippen LogP contribution in [0.1, 0.15) is 72.7 Å². The van der Waals surface area contributed by atoms with E-state index < -0.39 is 5.97 Å². The lowest BCUT2D eigenvalue weighted by atomic mass is 10.0. The number of amides is 1. The van der Waals surface area contributed by atoms with Crippen molar-refractivity contribution in [1.29, 1.82) is 0 Å². The van der Waals surface area contributed by atoms with Crippen molar-refractivity contribution in [3.05, 3.63) is 33.7 Å². The van der Waals surface area contributed by atoms with E-state index >= 15 is 0 Å². The fourth-order valence-corrected chi connectivity index (χ4v) is 5.32. The Morgan fingerprint density at radius 1 is 1.00 bits per heavy atom. The minimum atomic E-state index is -0.407. The first-order chi connectivity index (χ1) is 16.8. The molecule has 1 amide bonds. The Morgan fingerprint density at radius 3 is 2.17 bits per heavy atom. The molecule has 2 heterocycles. The summed E-state index contributed by atoms with van der Waals surface area (Å²) in [6.07, 6.45) is 0.736. The molecule has 1 aliphatic rings. The number of hydrogen-bond acceptors (Lipinski definition) is 8. The maximum absolute atomic E-state index is 13.4. The Kier molecular flexibility index (Phi) is 9.40. The highest BCUT2D eigenvalue weighted by Crippen LogP contribution is 2.41. The van der Waals surface area contributed by atoms with E-state index in [9.17, 15) is 9.59 Å². The smallest absolute Gasteiger partial charge is 0.341 e. The van der Waals surface area contributed by atoms with Gasteiger partial charge in [-0.2, -0.15) is 0 Å². The molecule has 35 heavy (non-hydrogen) atoms. The summed E-state index contributed by atoms with van der Waals surface area (Å²) in [6, 6.07) is 3.68. The van der Waals surface area contributed by atoms with Crippen LogP contribution in [-0.4, -0.2) is 55.8 Å². The van der Waals surface area contributed by atoms with Gasteiger partial charge in [0.25, 0.3) is 5.91 Å². The minimum Gasteiger partial charge on any atom is -0.490 e. The summed E-state index contributed by atoms with van der Waals surface area (Å²) in [5.74, 6) is 0.582. The molecule has 0 spiro atoms. The Hall–Kier alpha value is -2.78. The van der Waals surface area contributed by atoms with Gasteiger partial charge in [0.15, 0.2) is 11.5 Å². The Labute approximate surface area is 211 Å². The molecular weight excluding hydrogens is 468 g/mol. The number of esters is 1. The summed E-state index contributed by atoms with van der Waals surface area (Å²) in [7, 11) is 0. The fourth-order valence-electron chi connectivity index (χ4n) is 4.07. The molecular formula is C26H36N2O6S. The molecule has 192 valence electrons. The van der Waals surface area contributed by atoms with Gasteiger partial charge in [-0.3, -0.25) is 9.69 Å². The van der Waals surface area contributed by atoms with Crippen molar-refractivity contribution in [2.24, 2.45) is 0 Å². The van der Waals surface area contributed by atoms with Crippen molar-refractivity contribution in [3.8, 4) is 17.2 Å². The van der Waals surface area contributed by atoms with Gasteiger partial charge in [-0.25, -0.2) is 4.79 Å². The molecule has 9 heteroatoms. The lowest BCUT2D eigenvalue weighted by Crippen LogP contribution is -2.35. The minimum absolute atomic E-state index is 0.267. The number of anilines is 1. The topological polar surface area (TPSA) is 86.3 Å². The van der Waals surface area contributed by atoms with Gasteiger partial charge in [-0.05, 0) is 65.7 Å². The molecule has 0 saturated carbocycles. The van der Waals surface area contributed by atoms with Crippen molar-refractivity contribution in [2.45, 2.75) is 60.5 Å². The predicted molar refractivity (Wildman–Crippen MR) is 137 cm³/mol. The molecule has 1 aromatic heterocycles. The van der Waals surface area contributed by atoms with Gasteiger partial charge in [0.1, 0.15) is 5.00 Å². The van der Waals surface area contributed by atoms with E-state index in [2.05, 4.69) is 24.1 Å². The maximum atomic E-state index is 13.4. The van der Waals surface area contributed by atoms with E-state index in [-0.39, 0.29) is 12.5 Å². The number of nitrogens with one attached hydrogen (secondary N) is 1. The number of thiophene rings is 1. The Morgan fingerprint density at radius 2 is 1.63 bits per heavy atom. The SMILES string of the molecule is CCOC(=O)c1c(NC(=O)c2cc(OCC)c(OCC)c(OCC)c2)sc2c1CCN(C(C)C)C2. The number of carbonyl (C=O) groups excluding carboxylic acids is 2. The number of nitrogens with zero attached hydrogens (tertiary/aromatic N) is 1. The van der Waals surface area contributed by atoms with E-state index in [0.717, 1.165) is 30.0 Å². The molecule has 1 aliphatic heterocycles. The predicted octanol–water partition coefficient (Wildman–Crippen LogP) is 5.14. The molecule has 2 aromatic rings. The summed E-state index contributed by atoms with van der Waals surface area (Å²) < 4.78 is 22.6. The molecule has 0 radical (unpaired) electrons. The zero-order valence-electron chi connectivity index (χ0n) is 21.5. The first kappa shape index (κ1) is 26.8. The van der Waals surface area contributed by atoms with E-state index in [0.29, 0.717) is 59.2 Å². The second-order valence-corrected chi connectivity index (χ2v) is 9.40. The van der Waals surface area contributed by atoms with Crippen molar-refractivity contribution >= 4 is 28.2 Å². The highest BCUT2D eigenvalue weighted by molar-refractivity contribution is 7.17. The van der Waals surface area contributed by atoms with Gasteiger partial charge in [0, 0.05) is 29.6 Å². The van der Waals surface area contributed by atoms with Crippen LogP contribution in [0.25, 0.3) is 0 Å². The standard InChI is InChI=1S/C26H36N2O6S/c1-7-31-19-13-17(14-20(32-8-2)23(19)33-9-3)24(29)27-25-22(26(30)34-10-4)18-11-12-28(16(5)6)15-21(18)35-25/h13-14,16H,7-12,15H2,1-6H3,(H,27,29). The number of hydrogen-bond donors (Lipinski definition) is 1. The average Bonchev–Trinajstić information content (AvgIpc) is 3.18. The first-order valence-corrected chi connectivity index (χ1v) is 13.1. The second kappa shape index (κ2) is 12.3. The number of ether oxygens (including phenoxy) is 4. The van der Waals surface area contributed by atoms with Crippen LogP contribution < -0.4 is 19.5 Å². The highest BCUT2D eigenvalue weighted by atomic mass is 32.1. The maximum Gasteiger partial charge on any atom is 0.341 e. The molecule has 0 fully saturated rings. The summed E-state index contributed by atoms with van der Waals surface area (Å²) in [4.78, 5) is 29.7. The lowest BCUT2D eigenvalue weighted by molar-refractivity contribution is 0.0526. The van der Waals surface area contributed by atoms with Crippen LogP contribution in [0.3, 0.4) is 0 Å². The van der Waals surface area contributed by atoms with Crippen molar-refractivity contribution in [3.63, 3.8) is 0 Å². The van der Waals surface area contributed by atoms with Gasteiger partial charge in [0.05, 0.1) is 32.0 Å². The molecule has 0 saturated heterocycles. The Balaban J connectivity index is 1.99. The van der Waals surface area contributed by atoms with E-state index in [1.165, 1.54) is 11.3 Å². The molecule has 0 bridgehead atoms. The number of fused-ring (bicyclic) bond motifs is 1. The number of benzene rings is 1. The molecule has 1 N–H and O–H groups in total. The Bertz CT molecular complexity index is 1020. The largest absolute Gasteiger partial charge is 0.490 e. The molecule has 8 nitrogen and oxygen atoms in total. The summed E-state index contributed by atoms with van der Waals surface area (Å²) in [6.45, 7) is 14.8. The van der Waals surface area contributed by atoms with Crippen LogP contribution in [0.5, 0.6) is 17.2 Å². The average molecular weight is 505 g/mol. The van der Waals surface area contributed by atoms with E-state index in [4.69, 9.17) is 18.9 Å². The summed E-state index contributed by atoms with van der Waals surface area (Å²) in [5, 5.41) is 3.47. The van der Waals surface area contributed by atoms with Gasteiger partial charge >= 0.3 is 5.97 Å². The third kappa shape index (κ3) is 6.08. The monoisotopic (exact) mass is 504 g/mol. The summed E-state index contributed by atoms with van der Waals surface area (Å²) >= 11 is 1.44. The molecule has 1 aromatic carbocycles. The van der Waals surface area contributed by atoms with Crippen LogP contribution in [0.15, 0.2) is 12.1 Å². The third-order valence-corrected chi connectivity index (χ3v) is 6.83. The van der Waals surface area contributed by atoms with Crippen LogP contribution in [0.2, 0.25) is 0 Å². The van der Waals surface area contributed by atoms with Crippen molar-refractivity contribution in [1.82, 2.24) is 4.90 Å². The quantitative estimate of drug-likeness (QED) is 0.424. The van der Waals surface area contributed by atoms with Crippen molar-refractivity contribution < 1.29 is 28.5 Å². The first-order valence-electron chi connectivity index (χ1n) is 12.3. The normalized spacial score (nSPS) is 13.3. The van der Waals surface area contributed by atoms with Crippen LogP contribution in [0.4, 0.5) is 5.00 Å².